The number of aliphatic hydroxyl groups is 1. The van der Waals surface area contributed by atoms with Gasteiger partial charge < -0.3 is 20.2 Å². The summed E-state index contributed by atoms with van der Waals surface area (Å²) in [5, 5.41) is 13.4. The Labute approximate surface area is 138 Å². The number of aromatic nitrogens is 4. The number of rotatable bonds is 4. The minimum atomic E-state index is 0.187. The molecule has 0 spiro atoms. The molecule has 3 N–H and O–H groups in total. The molecule has 0 amide bonds. The van der Waals surface area contributed by atoms with Gasteiger partial charge in [-0.05, 0) is 12.1 Å². The number of hydrogen-bond acceptors (Lipinski definition) is 8. The summed E-state index contributed by atoms with van der Waals surface area (Å²) in [6.07, 6.45) is 1.58. The fourth-order valence-electron chi connectivity index (χ4n) is 2.91. The predicted molar refractivity (Wildman–Crippen MR) is 88.6 cm³/mol. The van der Waals surface area contributed by atoms with Crippen LogP contribution in [0.5, 0.6) is 0 Å². The first-order chi connectivity index (χ1) is 11.7. The van der Waals surface area contributed by atoms with Gasteiger partial charge in [-0.15, -0.1) is 5.10 Å². The number of hydrogen-bond donors (Lipinski definition) is 2. The lowest BCUT2D eigenvalue weighted by atomic mass is 10.3. The maximum atomic E-state index is 9.03. The van der Waals surface area contributed by atoms with E-state index in [1.807, 2.05) is 6.07 Å². The van der Waals surface area contributed by atoms with Crippen molar-refractivity contribution < 1.29 is 9.52 Å². The van der Waals surface area contributed by atoms with Gasteiger partial charge in [0, 0.05) is 38.8 Å². The highest BCUT2D eigenvalue weighted by Gasteiger charge is 2.20. The van der Waals surface area contributed by atoms with E-state index in [-0.39, 0.29) is 6.61 Å². The third-order valence-corrected chi connectivity index (χ3v) is 4.19. The van der Waals surface area contributed by atoms with Crippen LogP contribution in [0, 0.1) is 0 Å². The molecule has 0 aromatic carbocycles. The molecule has 9 nitrogen and oxygen atoms in total. The van der Waals surface area contributed by atoms with Crippen molar-refractivity contribution in [3.05, 3.63) is 24.5 Å². The standard InChI is InChI=1S/C15H19N7O2/c16-15-18-12(21-5-3-20(4-6-21)7-8-23)10-13-17-14(19-22(13)15)11-2-1-9-24-11/h1-2,9-10,23H,3-8H2,(H2,16,18). The number of piperazine rings is 1. The molecule has 0 radical (unpaired) electrons. The Morgan fingerprint density at radius 1 is 1.21 bits per heavy atom. The van der Waals surface area contributed by atoms with Crippen LogP contribution in [0.4, 0.5) is 11.8 Å². The molecule has 0 atom stereocenters. The number of furan rings is 1. The van der Waals surface area contributed by atoms with Gasteiger partial charge in [0.05, 0.1) is 12.9 Å². The molecule has 1 fully saturated rings. The summed E-state index contributed by atoms with van der Waals surface area (Å²) in [6.45, 7) is 4.34. The topological polar surface area (TPSA) is 109 Å². The first kappa shape index (κ1) is 14.9. The van der Waals surface area contributed by atoms with E-state index >= 15 is 0 Å². The summed E-state index contributed by atoms with van der Waals surface area (Å²) in [6, 6.07) is 5.48. The third-order valence-electron chi connectivity index (χ3n) is 4.19. The summed E-state index contributed by atoms with van der Waals surface area (Å²) >= 11 is 0. The molecule has 3 aromatic heterocycles. The molecule has 0 bridgehead atoms. The van der Waals surface area contributed by atoms with Crippen molar-refractivity contribution in [1.82, 2.24) is 24.5 Å². The average molecular weight is 329 g/mol. The molecular weight excluding hydrogens is 310 g/mol. The Bertz CT molecular complexity index is 822. The number of aliphatic hydroxyl groups excluding tert-OH is 1. The minimum absolute atomic E-state index is 0.187. The van der Waals surface area contributed by atoms with E-state index in [9.17, 15) is 0 Å². The fourth-order valence-corrected chi connectivity index (χ4v) is 2.91. The quantitative estimate of drug-likeness (QED) is 0.693. The van der Waals surface area contributed by atoms with Crippen LogP contribution in [-0.4, -0.2) is 68.9 Å². The largest absolute Gasteiger partial charge is 0.461 e. The number of anilines is 2. The first-order valence-corrected chi connectivity index (χ1v) is 7.90. The average Bonchev–Trinajstić information content (AvgIpc) is 3.25. The van der Waals surface area contributed by atoms with Crippen LogP contribution in [0.2, 0.25) is 0 Å². The van der Waals surface area contributed by atoms with Crippen molar-refractivity contribution in [2.24, 2.45) is 0 Å². The summed E-state index contributed by atoms with van der Waals surface area (Å²) in [5.74, 6) is 2.17. The Kier molecular flexibility index (Phi) is 3.79. The van der Waals surface area contributed by atoms with Gasteiger partial charge in [0.2, 0.25) is 11.8 Å². The molecule has 1 aliphatic rings. The SMILES string of the molecule is Nc1nc(N2CCN(CCO)CC2)cc2nc(-c3ccco3)nn12. The van der Waals surface area contributed by atoms with Gasteiger partial charge in [-0.1, -0.05) is 0 Å². The van der Waals surface area contributed by atoms with E-state index in [0.717, 1.165) is 32.0 Å². The van der Waals surface area contributed by atoms with E-state index in [4.69, 9.17) is 15.3 Å². The van der Waals surface area contributed by atoms with Crippen molar-refractivity contribution in [3.63, 3.8) is 0 Å². The van der Waals surface area contributed by atoms with Crippen LogP contribution in [0.1, 0.15) is 0 Å². The van der Waals surface area contributed by atoms with Gasteiger partial charge >= 0.3 is 0 Å². The Balaban J connectivity index is 1.61. The number of nitrogen functional groups attached to an aromatic ring is 1. The van der Waals surface area contributed by atoms with Crippen molar-refractivity contribution in [3.8, 4) is 11.6 Å². The van der Waals surface area contributed by atoms with E-state index in [0.29, 0.717) is 29.7 Å². The zero-order valence-electron chi connectivity index (χ0n) is 13.2. The Morgan fingerprint density at radius 2 is 2.04 bits per heavy atom. The number of nitrogens with two attached hydrogens (primary N) is 1. The first-order valence-electron chi connectivity index (χ1n) is 7.90. The molecule has 4 heterocycles. The highest BCUT2D eigenvalue weighted by atomic mass is 16.3. The van der Waals surface area contributed by atoms with Crippen molar-refractivity contribution >= 4 is 17.4 Å². The second-order valence-electron chi connectivity index (χ2n) is 5.71. The van der Waals surface area contributed by atoms with Gasteiger partial charge in [-0.25, -0.2) is 4.98 Å². The molecular formula is C15H19N7O2. The van der Waals surface area contributed by atoms with Crippen LogP contribution in [0.3, 0.4) is 0 Å². The molecule has 9 heteroatoms. The van der Waals surface area contributed by atoms with E-state index in [2.05, 4.69) is 24.9 Å². The van der Waals surface area contributed by atoms with Gasteiger partial charge in [-0.2, -0.15) is 9.50 Å². The van der Waals surface area contributed by atoms with Crippen LogP contribution >= 0.6 is 0 Å². The molecule has 24 heavy (non-hydrogen) atoms. The minimum Gasteiger partial charge on any atom is -0.461 e. The monoisotopic (exact) mass is 329 g/mol. The van der Waals surface area contributed by atoms with Crippen molar-refractivity contribution in [2.45, 2.75) is 0 Å². The summed E-state index contributed by atoms with van der Waals surface area (Å²) < 4.78 is 6.85. The van der Waals surface area contributed by atoms with Crippen LogP contribution < -0.4 is 10.6 Å². The molecule has 0 aliphatic carbocycles. The van der Waals surface area contributed by atoms with E-state index in [1.165, 1.54) is 4.52 Å². The van der Waals surface area contributed by atoms with Crippen LogP contribution in [0.15, 0.2) is 28.9 Å². The number of nitrogens with zero attached hydrogens (tertiary/aromatic N) is 6. The molecule has 1 aliphatic heterocycles. The predicted octanol–water partition coefficient (Wildman–Crippen LogP) is 0.0808. The lowest BCUT2D eigenvalue weighted by molar-refractivity contribution is 0.188. The van der Waals surface area contributed by atoms with Gasteiger partial charge in [0.25, 0.3) is 0 Å². The molecule has 0 saturated carbocycles. The third kappa shape index (κ3) is 2.68. The molecule has 1 saturated heterocycles. The molecule has 3 aromatic rings. The van der Waals surface area contributed by atoms with E-state index < -0.39 is 0 Å². The molecule has 0 unspecified atom stereocenters. The molecule has 126 valence electrons. The second kappa shape index (κ2) is 6.10. The maximum absolute atomic E-state index is 9.03. The zero-order valence-corrected chi connectivity index (χ0v) is 13.2. The lowest BCUT2D eigenvalue weighted by Gasteiger charge is -2.35. The van der Waals surface area contributed by atoms with Crippen molar-refractivity contribution in [1.29, 1.82) is 0 Å². The van der Waals surface area contributed by atoms with Gasteiger partial charge in [-0.3, -0.25) is 4.90 Å². The number of β-amino-alcohol motifs (C(OH)–C–C–N with tert-alkyl or cyclic N) is 1. The Hall–Kier alpha value is -2.65. The lowest BCUT2D eigenvalue weighted by Crippen LogP contribution is -2.47. The smallest absolute Gasteiger partial charge is 0.225 e. The molecule has 4 rings (SSSR count). The van der Waals surface area contributed by atoms with Crippen LogP contribution in [-0.2, 0) is 0 Å². The normalized spacial score (nSPS) is 16.1. The van der Waals surface area contributed by atoms with Crippen LogP contribution in [0.25, 0.3) is 17.2 Å². The Morgan fingerprint density at radius 3 is 2.75 bits per heavy atom. The highest BCUT2D eigenvalue weighted by Crippen LogP contribution is 2.21. The fraction of sp³-hybridized carbons (Fsp3) is 0.400. The number of fused-ring (bicyclic) bond motifs is 1. The van der Waals surface area contributed by atoms with E-state index in [1.54, 1.807) is 18.4 Å². The van der Waals surface area contributed by atoms with Gasteiger partial charge in [0.1, 0.15) is 5.82 Å². The highest BCUT2D eigenvalue weighted by molar-refractivity contribution is 5.59. The maximum Gasteiger partial charge on any atom is 0.225 e. The summed E-state index contributed by atoms with van der Waals surface area (Å²) in [4.78, 5) is 13.3. The zero-order chi connectivity index (χ0) is 16.5. The van der Waals surface area contributed by atoms with Gasteiger partial charge in [0.15, 0.2) is 11.4 Å². The second-order valence-corrected chi connectivity index (χ2v) is 5.71. The summed E-state index contributed by atoms with van der Waals surface area (Å²) in [5.41, 5.74) is 6.69. The van der Waals surface area contributed by atoms with Crippen molar-refractivity contribution in [2.75, 3.05) is 50.0 Å². The summed E-state index contributed by atoms with van der Waals surface area (Å²) in [7, 11) is 0.